The monoisotopic (exact) mass is 509 g/mol. The van der Waals surface area contributed by atoms with Crippen molar-refractivity contribution in [1.29, 1.82) is 0 Å². The van der Waals surface area contributed by atoms with Crippen molar-refractivity contribution in [3.8, 4) is 11.8 Å². The highest BCUT2D eigenvalue weighted by Crippen LogP contribution is 2.36. The molecule has 1 aliphatic heterocycles. The Balaban J connectivity index is 1.51. The number of aliphatic hydroxyl groups is 1. The summed E-state index contributed by atoms with van der Waals surface area (Å²) in [6.45, 7) is 5.52. The van der Waals surface area contributed by atoms with Gasteiger partial charge in [0.05, 0.1) is 12.3 Å². The number of halogens is 2. The van der Waals surface area contributed by atoms with Crippen LogP contribution in [0.15, 0.2) is 29.8 Å². The van der Waals surface area contributed by atoms with E-state index in [1.165, 1.54) is 0 Å². The number of piperazine rings is 1. The summed E-state index contributed by atoms with van der Waals surface area (Å²) < 4.78 is 37.5. The Hall–Kier alpha value is -3.83. The van der Waals surface area contributed by atoms with Gasteiger partial charge in [0.15, 0.2) is 17.4 Å². The number of fused-ring (bicyclic) bond motifs is 1. The van der Waals surface area contributed by atoms with E-state index in [2.05, 4.69) is 25.7 Å². The Labute approximate surface area is 213 Å². The van der Waals surface area contributed by atoms with Gasteiger partial charge < -0.3 is 25.4 Å². The molecule has 1 saturated heterocycles. The number of anilines is 3. The SMILES string of the molecule is C/C=C/c1cc(Nc2cc(N3CCNC(CO)C3)nc(Oc3cc(F)c4c(c3F)C=C(C)C4)n2)nn1C. The van der Waals surface area contributed by atoms with Crippen LogP contribution in [0.25, 0.3) is 12.2 Å². The lowest BCUT2D eigenvalue weighted by Gasteiger charge is -2.33. The second-order valence-corrected chi connectivity index (χ2v) is 9.21. The van der Waals surface area contributed by atoms with E-state index in [0.29, 0.717) is 49.1 Å². The van der Waals surface area contributed by atoms with Crippen LogP contribution in [-0.4, -0.2) is 57.1 Å². The van der Waals surface area contributed by atoms with Crippen molar-refractivity contribution in [3.05, 3.63) is 58.3 Å². The van der Waals surface area contributed by atoms with Crippen molar-refractivity contribution in [2.24, 2.45) is 7.05 Å². The molecule has 5 rings (SSSR count). The standard InChI is InChI=1S/C26H29F2N7O2/c1-4-5-17-10-23(33-34(17)3)30-22-12-24(35-7-6-29-16(13-35)14-36)32-26(31-22)37-21-11-20(27)18-8-15(2)9-19(18)25(21)28/h4-5,9-12,16,29,36H,6-8,13-14H2,1-3H3,(H,30,31,32,33)/b5-4+. The van der Waals surface area contributed by atoms with Crippen LogP contribution in [0.4, 0.5) is 26.2 Å². The molecule has 1 fully saturated rings. The van der Waals surface area contributed by atoms with E-state index in [1.54, 1.807) is 16.8 Å². The van der Waals surface area contributed by atoms with Crippen LogP contribution in [0.5, 0.6) is 11.8 Å². The first-order valence-corrected chi connectivity index (χ1v) is 12.1. The van der Waals surface area contributed by atoms with E-state index in [1.807, 2.05) is 44.0 Å². The average molecular weight is 510 g/mol. The minimum Gasteiger partial charge on any atom is -0.421 e. The van der Waals surface area contributed by atoms with Crippen LogP contribution in [0.2, 0.25) is 0 Å². The molecule has 1 atom stereocenters. The zero-order chi connectivity index (χ0) is 26.1. The van der Waals surface area contributed by atoms with Crippen LogP contribution in [0, 0.1) is 11.6 Å². The first-order valence-electron chi connectivity index (χ1n) is 12.1. The predicted octanol–water partition coefficient (Wildman–Crippen LogP) is 3.79. The van der Waals surface area contributed by atoms with Crippen molar-refractivity contribution in [2.45, 2.75) is 26.3 Å². The normalized spacial score (nSPS) is 17.3. The zero-order valence-corrected chi connectivity index (χ0v) is 20.9. The highest BCUT2D eigenvalue weighted by molar-refractivity contribution is 5.66. The van der Waals surface area contributed by atoms with Crippen molar-refractivity contribution >= 4 is 29.6 Å². The van der Waals surface area contributed by atoms with Gasteiger partial charge in [-0.1, -0.05) is 17.7 Å². The third kappa shape index (κ3) is 5.18. The van der Waals surface area contributed by atoms with Gasteiger partial charge in [-0.25, -0.2) is 8.78 Å². The van der Waals surface area contributed by atoms with Gasteiger partial charge in [0.25, 0.3) is 0 Å². The van der Waals surface area contributed by atoms with Gasteiger partial charge in [-0.2, -0.15) is 15.1 Å². The fourth-order valence-electron chi connectivity index (χ4n) is 4.58. The summed E-state index contributed by atoms with van der Waals surface area (Å²) >= 11 is 0. The van der Waals surface area contributed by atoms with Gasteiger partial charge in [0.1, 0.15) is 17.5 Å². The molecular formula is C26H29F2N7O2. The van der Waals surface area contributed by atoms with Crippen LogP contribution >= 0.6 is 0 Å². The fourth-order valence-corrected chi connectivity index (χ4v) is 4.58. The number of benzene rings is 1. The van der Waals surface area contributed by atoms with Gasteiger partial charge in [-0.15, -0.1) is 0 Å². The number of hydrogen-bond donors (Lipinski definition) is 3. The molecule has 2 aliphatic rings. The Morgan fingerprint density at radius 3 is 2.86 bits per heavy atom. The molecule has 37 heavy (non-hydrogen) atoms. The van der Waals surface area contributed by atoms with Gasteiger partial charge in [0.2, 0.25) is 0 Å². The molecule has 1 aromatic carbocycles. The molecule has 0 bridgehead atoms. The molecule has 0 amide bonds. The molecular weight excluding hydrogens is 480 g/mol. The minimum absolute atomic E-state index is 0.0236. The smallest absolute Gasteiger partial charge is 0.326 e. The fraction of sp³-hybridized carbons (Fsp3) is 0.346. The van der Waals surface area contributed by atoms with E-state index < -0.39 is 11.6 Å². The zero-order valence-electron chi connectivity index (χ0n) is 20.9. The minimum atomic E-state index is -0.653. The molecule has 2 aromatic heterocycles. The maximum Gasteiger partial charge on any atom is 0.326 e. The maximum atomic E-state index is 15.3. The van der Waals surface area contributed by atoms with E-state index in [0.717, 1.165) is 17.3 Å². The number of aromatic nitrogens is 4. The molecule has 1 aliphatic carbocycles. The Kier molecular flexibility index (Phi) is 6.90. The van der Waals surface area contributed by atoms with E-state index >= 15 is 4.39 Å². The summed E-state index contributed by atoms with van der Waals surface area (Å²) in [5, 5.41) is 20.5. The Morgan fingerprint density at radius 2 is 2.08 bits per heavy atom. The van der Waals surface area contributed by atoms with Gasteiger partial charge >= 0.3 is 6.01 Å². The van der Waals surface area contributed by atoms with E-state index in [-0.39, 0.29) is 30.0 Å². The van der Waals surface area contributed by atoms with Crippen molar-refractivity contribution in [3.63, 3.8) is 0 Å². The van der Waals surface area contributed by atoms with Crippen LogP contribution in [0.1, 0.15) is 30.7 Å². The lowest BCUT2D eigenvalue weighted by atomic mass is 10.1. The number of aliphatic hydroxyl groups excluding tert-OH is 1. The summed E-state index contributed by atoms with van der Waals surface area (Å²) in [6.07, 6.45) is 5.84. The van der Waals surface area contributed by atoms with Crippen molar-refractivity contribution < 1.29 is 18.6 Å². The number of rotatable bonds is 7. The topological polar surface area (TPSA) is 100 Å². The largest absolute Gasteiger partial charge is 0.421 e. The number of nitrogens with one attached hydrogen (secondary N) is 2. The first kappa shape index (κ1) is 24.8. The van der Waals surface area contributed by atoms with Crippen LogP contribution < -0.4 is 20.3 Å². The summed E-state index contributed by atoms with van der Waals surface area (Å²) in [6, 6.07) is 4.38. The van der Waals surface area contributed by atoms with Crippen molar-refractivity contribution in [2.75, 3.05) is 36.5 Å². The molecule has 3 aromatic rings. The molecule has 0 spiro atoms. The van der Waals surface area contributed by atoms with Crippen LogP contribution in [0.3, 0.4) is 0 Å². The second kappa shape index (κ2) is 10.3. The summed E-state index contributed by atoms with van der Waals surface area (Å²) in [5.41, 5.74) is 2.28. The molecule has 194 valence electrons. The van der Waals surface area contributed by atoms with Gasteiger partial charge in [0, 0.05) is 62.0 Å². The molecule has 3 N–H and O–H groups in total. The van der Waals surface area contributed by atoms with Gasteiger partial charge in [-0.3, -0.25) is 4.68 Å². The molecule has 1 unspecified atom stereocenters. The number of ether oxygens (including phenoxy) is 1. The predicted molar refractivity (Wildman–Crippen MR) is 138 cm³/mol. The second-order valence-electron chi connectivity index (χ2n) is 9.21. The lowest BCUT2D eigenvalue weighted by molar-refractivity contribution is 0.235. The quantitative estimate of drug-likeness (QED) is 0.443. The van der Waals surface area contributed by atoms with E-state index in [4.69, 9.17) is 4.74 Å². The number of nitrogens with zero attached hydrogens (tertiary/aromatic N) is 5. The summed E-state index contributed by atoms with van der Waals surface area (Å²) in [7, 11) is 1.83. The number of allylic oxidation sites excluding steroid dienone is 2. The third-order valence-corrected chi connectivity index (χ3v) is 6.37. The molecule has 0 radical (unpaired) electrons. The lowest BCUT2D eigenvalue weighted by Crippen LogP contribution is -2.52. The first-order chi connectivity index (χ1) is 17.8. The average Bonchev–Trinajstić information content (AvgIpc) is 3.44. The maximum absolute atomic E-state index is 15.3. The van der Waals surface area contributed by atoms with Crippen LogP contribution in [-0.2, 0) is 13.5 Å². The molecule has 9 nitrogen and oxygen atoms in total. The highest BCUT2D eigenvalue weighted by atomic mass is 19.1. The van der Waals surface area contributed by atoms with Crippen molar-refractivity contribution in [1.82, 2.24) is 25.1 Å². The molecule has 11 heteroatoms. The molecule has 0 saturated carbocycles. The summed E-state index contributed by atoms with van der Waals surface area (Å²) in [5.74, 6) is -0.0223. The third-order valence-electron chi connectivity index (χ3n) is 6.37. The summed E-state index contributed by atoms with van der Waals surface area (Å²) in [4.78, 5) is 10.9. The number of aryl methyl sites for hydroxylation is 1. The molecule has 3 heterocycles. The highest BCUT2D eigenvalue weighted by Gasteiger charge is 2.25. The number of hydrogen-bond acceptors (Lipinski definition) is 8. The van der Waals surface area contributed by atoms with Gasteiger partial charge in [-0.05, 0) is 26.3 Å². The Morgan fingerprint density at radius 1 is 1.24 bits per heavy atom. The Bertz CT molecular complexity index is 1390. The van der Waals surface area contributed by atoms with E-state index in [9.17, 15) is 9.50 Å².